The largest absolute Gasteiger partial charge is 0.352 e. The van der Waals surface area contributed by atoms with Crippen molar-refractivity contribution in [1.29, 1.82) is 0 Å². The minimum Gasteiger partial charge on any atom is -0.352 e. The first-order chi connectivity index (χ1) is 8.56. The lowest BCUT2D eigenvalue weighted by Gasteiger charge is -2.37. The van der Waals surface area contributed by atoms with Gasteiger partial charge in [-0.05, 0) is 45.6 Å². The first-order valence-corrected chi connectivity index (χ1v) is 7.32. The summed E-state index contributed by atoms with van der Waals surface area (Å²) in [7, 11) is 2.04. The maximum absolute atomic E-state index is 12.1. The van der Waals surface area contributed by atoms with Crippen LogP contribution in [-0.2, 0) is 4.79 Å². The summed E-state index contributed by atoms with van der Waals surface area (Å²) in [5.74, 6) is 0.875. The van der Waals surface area contributed by atoms with Crippen LogP contribution in [0, 0.1) is 5.92 Å². The smallest absolute Gasteiger partial charge is 0.237 e. The summed E-state index contributed by atoms with van der Waals surface area (Å²) in [5, 5.41) is 3.17. The first kappa shape index (κ1) is 13.8. The van der Waals surface area contributed by atoms with Gasteiger partial charge < -0.3 is 11.1 Å². The van der Waals surface area contributed by atoms with Crippen LogP contribution < -0.4 is 11.1 Å². The average Bonchev–Trinajstić information content (AvgIpc) is 2.78. The number of nitrogens with zero attached hydrogens (tertiary/aromatic N) is 1. The topological polar surface area (TPSA) is 58.4 Å². The van der Waals surface area contributed by atoms with E-state index in [2.05, 4.69) is 10.2 Å². The highest BCUT2D eigenvalue weighted by Crippen LogP contribution is 2.26. The SMILES string of the molecule is CC(C(=O)NC1CCCC1)N(C)CC1CC(N)C1. The Kier molecular flexibility index (Phi) is 4.62. The summed E-state index contributed by atoms with van der Waals surface area (Å²) >= 11 is 0. The van der Waals surface area contributed by atoms with Crippen LogP contribution in [0.4, 0.5) is 0 Å². The van der Waals surface area contributed by atoms with Crippen molar-refractivity contribution in [2.24, 2.45) is 11.7 Å². The molecule has 3 N–H and O–H groups in total. The lowest BCUT2D eigenvalue weighted by Crippen LogP contribution is -2.49. The molecule has 0 saturated heterocycles. The van der Waals surface area contributed by atoms with Crippen molar-refractivity contribution in [1.82, 2.24) is 10.2 Å². The number of nitrogens with one attached hydrogen (secondary N) is 1. The number of carbonyl (C=O) groups excluding carboxylic acids is 1. The van der Waals surface area contributed by atoms with Crippen molar-refractivity contribution in [2.75, 3.05) is 13.6 Å². The summed E-state index contributed by atoms with van der Waals surface area (Å²) in [5.41, 5.74) is 5.79. The van der Waals surface area contributed by atoms with E-state index in [0.717, 1.165) is 32.2 Å². The zero-order valence-electron chi connectivity index (χ0n) is 11.7. The molecule has 1 amide bonds. The molecule has 0 aromatic rings. The Balaban J connectivity index is 1.71. The number of amides is 1. The van der Waals surface area contributed by atoms with Crippen LogP contribution in [0.25, 0.3) is 0 Å². The summed E-state index contributed by atoms with van der Waals surface area (Å²) in [6.45, 7) is 3.00. The number of rotatable bonds is 5. The molecule has 4 heteroatoms. The van der Waals surface area contributed by atoms with E-state index in [1.165, 1.54) is 12.8 Å². The van der Waals surface area contributed by atoms with Gasteiger partial charge >= 0.3 is 0 Å². The fraction of sp³-hybridized carbons (Fsp3) is 0.929. The lowest BCUT2D eigenvalue weighted by molar-refractivity contribution is -0.126. The average molecular weight is 253 g/mol. The Morgan fingerprint density at radius 2 is 2.00 bits per heavy atom. The Bertz CT molecular complexity index is 283. The molecule has 0 bridgehead atoms. The van der Waals surface area contributed by atoms with Crippen LogP contribution in [0.5, 0.6) is 0 Å². The van der Waals surface area contributed by atoms with Crippen molar-refractivity contribution >= 4 is 5.91 Å². The monoisotopic (exact) mass is 253 g/mol. The third-order valence-electron chi connectivity index (χ3n) is 4.56. The van der Waals surface area contributed by atoms with Gasteiger partial charge in [-0.1, -0.05) is 12.8 Å². The third-order valence-corrected chi connectivity index (χ3v) is 4.56. The van der Waals surface area contributed by atoms with Gasteiger partial charge in [0, 0.05) is 18.6 Å². The Hall–Kier alpha value is -0.610. The second kappa shape index (κ2) is 6.02. The van der Waals surface area contributed by atoms with E-state index in [4.69, 9.17) is 5.73 Å². The van der Waals surface area contributed by atoms with Crippen LogP contribution in [0.3, 0.4) is 0 Å². The Morgan fingerprint density at radius 3 is 2.56 bits per heavy atom. The van der Waals surface area contributed by atoms with Gasteiger partial charge in [-0.2, -0.15) is 0 Å². The van der Waals surface area contributed by atoms with Crippen LogP contribution >= 0.6 is 0 Å². The van der Waals surface area contributed by atoms with Crippen molar-refractivity contribution in [2.45, 2.75) is 63.6 Å². The van der Waals surface area contributed by atoms with E-state index in [9.17, 15) is 4.79 Å². The molecule has 2 aliphatic carbocycles. The lowest BCUT2D eigenvalue weighted by atomic mass is 9.80. The van der Waals surface area contributed by atoms with Crippen LogP contribution in [0.1, 0.15) is 45.4 Å². The quantitative estimate of drug-likeness (QED) is 0.771. The fourth-order valence-corrected chi connectivity index (χ4v) is 3.09. The maximum atomic E-state index is 12.1. The van der Waals surface area contributed by atoms with Gasteiger partial charge in [-0.3, -0.25) is 9.69 Å². The zero-order chi connectivity index (χ0) is 13.1. The van der Waals surface area contributed by atoms with Gasteiger partial charge in [0.15, 0.2) is 0 Å². The van der Waals surface area contributed by atoms with Crippen LogP contribution in [0.15, 0.2) is 0 Å². The highest BCUT2D eigenvalue weighted by Gasteiger charge is 2.30. The molecule has 0 heterocycles. The predicted octanol–water partition coefficient (Wildman–Crippen LogP) is 1.10. The normalized spacial score (nSPS) is 30.2. The zero-order valence-corrected chi connectivity index (χ0v) is 11.7. The molecule has 2 saturated carbocycles. The standard InChI is InChI=1S/C14H27N3O/c1-10(14(18)16-13-5-3-4-6-13)17(2)9-11-7-12(15)8-11/h10-13H,3-9,15H2,1-2H3,(H,16,18). The van der Waals surface area contributed by atoms with Crippen LogP contribution in [0.2, 0.25) is 0 Å². The second-order valence-electron chi connectivity index (χ2n) is 6.20. The molecule has 0 aliphatic heterocycles. The minimum atomic E-state index is -0.0255. The van der Waals surface area contributed by atoms with Crippen LogP contribution in [-0.4, -0.2) is 42.5 Å². The fourth-order valence-electron chi connectivity index (χ4n) is 3.09. The molecule has 2 aliphatic rings. The molecule has 0 aromatic heterocycles. The van der Waals surface area contributed by atoms with Gasteiger partial charge in [-0.15, -0.1) is 0 Å². The number of likely N-dealkylation sites (N-methyl/N-ethyl adjacent to an activating group) is 1. The number of hydrogen-bond acceptors (Lipinski definition) is 3. The van der Waals surface area contributed by atoms with Gasteiger partial charge in [0.25, 0.3) is 0 Å². The number of hydrogen-bond donors (Lipinski definition) is 2. The van der Waals surface area contributed by atoms with E-state index in [1.54, 1.807) is 0 Å². The van der Waals surface area contributed by atoms with Crippen molar-refractivity contribution < 1.29 is 4.79 Å². The molecule has 0 aromatic carbocycles. The summed E-state index contributed by atoms with van der Waals surface area (Å²) in [6.07, 6.45) is 7.05. The molecule has 2 rings (SSSR count). The van der Waals surface area contributed by atoms with Gasteiger partial charge in [0.1, 0.15) is 0 Å². The first-order valence-electron chi connectivity index (χ1n) is 7.32. The molecule has 18 heavy (non-hydrogen) atoms. The van der Waals surface area contributed by atoms with Crippen molar-refractivity contribution in [3.05, 3.63) is 0 Å². The molecular formula is C14H27N3O. The van der Waals surface area contributed by atoms with Gasteiger partial charge in [-0.25, -0.2) is 0 Å². The van der Waals surface area contributed by atoms with E-state index < -0.39 is 0 Å². The Labute approximate surface area is 110 Å². The van der Waals surface area contributed by atoms with E-state index >= 15 is 0 Å². The van der Waals surface area contributed by atoms with Gasteiger partial charge in [0.2, 0.25) is 5.91 Å². The number of carbonyl (C=O) groups is 1. The molecule has 104 valence electrons. The second-order valence-corrected chi connectivity index (χ2v) is 6.20. The van der Waals surface area contributed by atoms with Crippen molar-refractivity contribution in [3.8, 4) is 0 Å². The van der Waals surface area contributed by atoms with E-state index in [0.29, 0.717) is 18.0 Å². The third kappa shape index (κ3) is 3.45. The highest BCUT2D eigenvalue weighted by molar-refractivity contribution is 5.81. The molecule has 1 atom stereocenters. The molecule has 1 unspecified atom stereocenters. The highest BCUT2D eigenvalue weighted by atomic mass is 16.2. The summed E-state index contributed by atoms with van der Waals surface area (Å²) in [6, 6.07) is 0.791. The molecule has 2 fully saturated rings. The van der Waals surface area contributed by atoms with Crippen molar-refractivity contribution in [3.63, 3.8) is 0 Å². The van der Waals surface area contributed by atoms with Gasteiger partial charge in [0.05, 0.1) is 6.04 Å². The summed E-state index contributed by atoms with van der Waals surface area (Å²) < 4.78 is 0. The Morgan fingerprint density at radius 1 is 1.39 bits per heavy atom. The maximum Gasteiger partial charge on any atom is 0.237 e. The predicted molar refractivity (Wildman–Crippen MR) is 73.2 cm³/mol. The molecule has 0 radical (unpaired) electrons. The minimum absolute atomic E-state index is 0.0255. The van der Waals surface area contributed by atoms with E-state index in [1.807, 2.05) is 14.0 Å². The molecule has 4 nitrogen and oxygen atoms in total. The molecular weight excluding hydrogens is 226 g/mol. The molecule has 0 spiro atoms. The van der Waals surface area contributed by atoms with E-state index in [-0.39, 0.29) is 11.9 Å². The summed E-state index contributed by atoms with van der Waals surface area (Å²) in [4.78, 5) is 14.3. The number of nitrogens with two attached hydrogens (primary N) is 1.